The largest absolute Gasteiger partial charge is 0.106 e. The summed E-state index contributed by atoms with van der Waals surface area (Å²) < 4.78 is 0. The molecule has 1 saturated carbocycles. The van der Waals surface area contributed by atoms with Crippen molar-refractivity contribution in [3.8, 4) is 0 Å². The maximum atomic E-state index is 3.00. The summed E-state index contributed by atoms with van der Waals surface area (Å²) in [4.78, 5) is 0. The van der Waals surface area contributed by atoms with Crippen LogP contribution in [0.3, 0.4) is 0 Å². The van der Waals surface area contributed by atoms with Crippen molar-refractivity contribution in [2.24, 2.45) is 11.8 Å². The fourth-order valence-corrected chi connectivity index (χ4v) is 1.80. The van der Waals surface area contributed by atoms with E-state index in [2.05, 4.69) is 27.0 Å². The molecule has 0 heteroatoms. The number of rotatable bonds is 1. The normalized spacial score (nSPS) is 19.2. The molecule has 0 radical (unpaired) electrons. The third-order valence-corrected chi connectivity index (χ3v) is 2.59. The molecule has 0 nitrogen and oxygen atoms in total. The molecule has 0 heterocycles. The number of hydrogen-bond donors (Lipinski definition) is 0. The molecule has 0 saturated heterocycles. The third-order valence-electron chi connectivity index (χ3n) is 2.59. The summed E-state index contributed by atoms with van der Waals surface area (Å²) in [5.74, 6) is 1.99. The second-order valence-electron chi connectivity index (χ2n) is 3.64. The first-order chi connectivity index (χ1) is 5.30. The summed E-state index contributed by atoms with van der Waals surface area (Å²) >= 11 is 0. The Morgan fingerprint density at radius 3 is 1.73 bits per heavy atom. The lowest BCUT2D eigenvalue weighted by atomic mass is 9.82. The van der Waals surface area contributed by atoms with Crippen LogP contribution >= 0.6 is 0 Å². The van der Waals surface area contributed by atoms with Crippen LogP contribution in [-0.4, -0.2) is 0 Å². The first-order valence-corrected chi connectivity index (χ1v) is 4.80. The van der Waals surface area contributed by atoms with Crippen LogP contribution in [0.15, 0.2) is 13.2 Å². The summed E-state index contributed by atoms with van der Waals surface area (Å²) in [5, 5.41) is 0. The van der Waals surface area contributed by atoms with Gasteiger partial charge in [-0.15, -0.1) is 13.2 Å². The highest BCUT2D eigenvalue weighted by Gasteiger charge is 2.15. The van der Waals surface area contributed by atoms with Crippen LogP contribution in [0.4, 0.5) is 0 Å². The van der Waals surface area contributed by atoms with Crippen LogP contribution in [0, 0.1) is 11.8 Å². The average molecular weight is 154 g/mol. The average Bonchev–Trinajstić information content (AvgIpc) is 2.10. The lowest BCUT2D eigenvalue weighted by Crippen LogP contribution is -2.12. The van der Waals surface area contributed by atoms with Gasteiger partial charge in [-0.2, -0.15) is 0 Å². The molecule has 0 N–H and O–H groups in total. The van der Waals surface area contributed by atoms with Gasteiger partial charge in [0.15, 0.2) is 0 Å². The van der Waals surface area contributed by atoms with E-state index in [4.69, 9.17) is 0 Å². The van der Waals surface area contributed by atoms with Gasteiger partial charge in [0.25, 0.3) is 0 Å². The summed E-state index contributed by atoms with van der Waals surface area (Å²) in [6, 6.07) is 0. The molecule has 0 aliphatic heterocycles. The lowest BCUT2D eigenvalue weighted by molar-refractivity contribution is 0.279. The van der Waals surface area contributed by atoms with Gasteiger partial charge in [-0.1, -0.05) is 46.0 Å². The summed E-state index contributed by atoms with van der Waals surface area (Å²) in [6.45, 7) is 10.7. The van der Waals surface area contributed by atoms with E-state index < -0.39 is 0 Å². The molecule has 0 aromatic carbocycles. The van der Waals surface area contributed by atoms with E-state index in [1.807, 2.05) is 0 Å². The molecule has 1 rings (SSSR count). The van der Waals surface area contributed by atoms with Gasteiger partial charge in [0, 0.05) is 0 Å². The van der Waals surface area contributed by atoms with E-state index in [0.717, 1.165) is 11.8 Å². The molecule has 66 valence electrons. The molecule has 1 aliphatic carbocycles. The van der Waals surface area contributed by atoms with Gasteiger partial charge in [0.2, 0.25) is 0 Å². The van der Waals surface area contributed by atoms with Crippen molar-refractivity contribution in [3.05, 3.63) is 13.2 Å². The van der Waals surface area contributed by atoms with Gasteiger partial charge in [0.05, 0.1) is 0 Å². The second-order valence-corrected chi connectivity index (χ2v) is 3.64. The molecule has 0 bridgehead atoms. The lowest BCUT2D eigenvalue weighted by Gasteiger charge is -2.24. The molecule has 1 aliphatic rings. The molecule has 0 spiro atoms. The number of hydrogen-bond acceptors (Lipinski definition) is 0. The van der Waals surface area contributed by atoms with Crippen molar-refractivity contribution in [2.75, 3.05) is 0 Å². The van der Waals surface area contributed by atoms with Gasteiger partial charge in [-0.25, -0.2) is 0 Å². The zero-order valence-electron chi connectivity index (χ0n) is 8.10. The zero-order chi connectivity index (χ0) is 8.69. The van der Waals surface area contributed by atoms with E-state index in [0.29, 0.717) is 0 Å². The topological polar surface area (TPSA) is 0 Å². The SMILES string of the molecule is C=C.CC(C)C1CCCCC1. The molecule has 1 fully saturated rings. The molecule has 0 unspecified atom stereocenters. The van der Waals surface area contributed by atoms with Crippen molar-refractivity contribution in [1.82, 2.24) is 0 Å². The van der Waals surface area contributed by atoms with Crippen LogP contribution in [0.25, 0.3) is 0 Å². The molecule has 0 atom stereocenters. The van der Waals surface area contributed by atoms with E-state index >= 15 is 0 Å². The third kappa shape index (κ3) is 4.23. The molecular formula is C11H22. The minimum Gasteiger partial charge on any atom is -0.106 e. The van der Waals surface area contributed by atoms with Gasteiger partial charge in [-0.3, -0.25) is 0 Å². The molecule has 0 aromatic heterocycles. The predicted octanol–water partition coefficient (Wildman–Crippen LogP) is 4.02. The van der Waals surface area contributed by atoms with E-state index in [-0.39, 0.29) is 0 Å². The maximum absolute atomic E-state index is 3.00. The molecule has 0 aromatic rings. The van der Waals surface area contributed by atoms with Crippen molar-refractivity contribution in [3.63, 3.8) is 0 Å². The van der Waals surface area contributed by atoms with Crippen LogP contribution < -0.4 is 0 Å². The minimum atomic E-state index is 0.935. The predicted molar refractivity (Wildman–Crippen MR) is 52.7 cm³/mol. The standard InChI is InChI=1S/C9H18.C2H4/c1-8(2)9-6-4-3-5-7-9;1-2/h8-9H,3-7H2,1-2H3;1-2H2. The van der Waals surface area contributed by atoms with Gasteiger partial charge in [-0.05, 0) is 11.8 Å². The fraction of sp³-hybridized carbons (Fsp3) is 0.818. The van der Waals surface area contributed by atoms with Crippen LogP contribution in [0.2, 0.25) is 0 Å². The summed E-state index contributed by atoms with van der Waals surface area (Å²) in [7, 11) is 0. The Labute approximate surface area is 71.7 Å². The van der Waals surface area contributed by atoms with Gasteiger partial charge < -0.3 is 0 Å². The quantitative estimate of drug-likeness (QED) is 0.500. The highest BCUT2D eigenvalue weighted by molar-refractivity contribution is 4.67. The Kier molecular flexibility index (Phi) is 6.30. The molecule has 0 amide bonds. The van der Waals surface area contributed by atoms with Crippen molar-refractivity contribution in [2.45, 2.75) is 46.0 Å². The van der Waals surface area contributed by atoms with Crippen LogP contribution in [-0.2, 0) is 0 Å². The van der Waals surface area contributed by atoms with Crippen molar-refractivity contribution >= 4 is 0 Å². The van der Waals surface area contributed by atoms with E-state index in [1.165, 1.54) is 32.1 Å². The Morgan fingerprint density at radius 2 is 1.45 bits per heavy atom. The summed E-state index contributed by atoms with van der Waals surface area (Å²) in [6.07, 6.45) is 7.46. The Balaban J connectivity index is 0.000000461. The van der Waals surface area contributed by atoms with E-state index in [9.17, 15) is 0 Å². The first kappa shape index (κ1) is 10.7. The Hall–Kier alpha value is -0.260. The van der Waals surface area contributed by atoms with E-state index in [1.54, 1.807) is 0 Å². The van der Waals surface area contributed by atoms with Crippen LogP contribution in [0.1, 0.15) is 46.0 Å². The minimum absolute atomic E-state index is 0.935. The first-order valence-electron chi connectivity index (χ1n) is 4.80. The highest BCUT2D eigenvalue weighted by atomic mass is 14.2. The molecular weight excluding hydrogens is 132 g/mol. The fourth-order valence-electron chi connectivity index (χ4n) is 1.80. The van der Waals surface area contributed by atoms with Gasteiger partial charge in [0.1, 0.15) is 0 Å². The monoisotopic (exact) mass is 154 g/mol. The summed E-state index contributed by atoms with van der Waals surface area (Å²) in [5.41, 5.74) is 0. The Morgan fingerprint density at radius 1 is 1.00 bits per heavy atom. The maximum Gasteiger partial charge on any atom is -0.0391 e. The zero-order valence-corrected chi connectivity index (χ0v) is 8.10. The Bertz CT molecular complexity index is 78.0. The van der Waals surface area contributed by atoms with Crippen molar-refractivity contribution in [1.29, 1.82) is 0 Å². The van der Waals surface area contributed by atoms with Gasteiger partial charge >= 0.3 is 0 Å². The van der Waals surface area contributed by atoms with Crippen molar-refractivity contribution < 1.29 is 0 Å². The highest BCUT2D eigenvalue weighted by Crippen LogP contribution is 2.29. The smallest absolute Gasteiger partial charge is 0.0391 e. The van der Waals surface area contributed by atoms with Crippen LogP contribution in [0.5, 0.6) is 0 Å². The second kappa shape index (κ2) is 6.45. The molecule has 11 heavy (non-hydrogen) atoms.